The van der Waals surface area contributed by atoms with Crippen molar-refractivity contribution in [2.75, 3.05) is 36.1 Å². The molecule has 166 valence electrons. The zero-order valence-corrected chi connectivity index (χ0v) is 18.3. The Kier molecular flexibility index (Phi) is 4.87. The predicted molar refractivity (Wildman–Crippen MR) is 115 cm³/mol. The number of piperidine rings is 1. The van der Waals surface area contributed by atoms with Crippen LogP contribution in [-0.2, 0) is 30.0 Å². The number of aliphatic hydroxyl groups is 1. The lowest BCUT2D eigenvalue weighted by molar-refractivity contribution is 0.0950. The van der Waals surface area contributed by atoms with Gasteiger partial charge in [0.1, 0.15) is 5.82 Å². The van der Waals surface area contributed by atoms with Crippen LogP contribution >= 0.6 is 0 Å². The van der Waals surface area contributed by atoms with Crippen molar-refractivity contribution < 1.29 is 13.5 Å². The Labute approximate surface area is 180 Å². The van der Waals surface area contributed by atoms with Crippen LogP contribution in [0, 0.1) is 0 Å². The first-order valence-corrected chi connectivity index (χ1v) is 12.1. The molecule has 0 saturated carbocycles. The number of aryl methyl sites for hydroxylation is 1. The lowest BCUT2D eigenvalue weighted by Gasteiger charge is -2.34. The first-order chi connectivity index (χ1) is 14.8. The molecule has 0 aromatic carbocycles. The van der Waals surface area contributed by atoms with Gasteiger partial charge in [0, 0.05) is 51.4 Å². The predicted octanol–water partition coefficient (Wildman–Crippen LogP) is -0.168. The number of rotatable bonds is 4. The zero-order chi connectivity index (χ0) is 21.8. The molecule has 5 rings (SSSR count). The quantitative estimate of drug-likeness (QED) is 0.567. The molecular weight excluding hydrogens is 420 g/mol. The first kappa shape index (κ1) is 20.2. The number of aromatic nitrogens is 5. The average molecular weight is 447 g/mol. The largest absolute Gasteiger partial charge is 0.390 e. The fraction of sp³-hybridized carbons (Fsp3) is 0.526. The number of nitrogens with one attached hydrogen (secondary N) is 1. The van der Waals surface area contributed by atoms with E-state index in [1.54, 1.807) is 6.20 Å². The molecule has 2 atom stereocenters. The summed E-state index contributed by atoms with van der Waals surface area (Å²) in [5.41, 5.74) is 3.24. The van der Waals surface area contributed by atoms with Crippen LogP contribution in [0.15, 0.2) is 24.5 Å². The maximum atomic E-state index is 11.7. The van der Waals surface area contributed by atoms with Crippen molar-refractivity contribution >= 4 is 27.3 Å². The Morgan fingerprint density at radius 1 is 1.23 bits per heavy atom. The Balaban J connectivity index is 1.35. The van der Waals surface area contributed by atoms with Crippen molar-refractivity contribution in [3.63, 3.8) is 0 Å². The average Bonchev–Trinajstić information content (AvgIpc) is 3.30. The van der Waals surface area contributed by atoms with Gasteiger partial charge in [-0.15, -0.1) is 5.10 Å². The van der Waals surface area contributed by atoms with Crippen molar-refractivity contribution in [3.05, 3.63) is 35.8 Å². The number of hydrogen-bond acceptors (Lipinski definition) is 8. The molecule has 0 spiro atoms. The van der Waals surface area contributed by atoms with Crippen molar-refractivity contribution in [1.29, 1.82) is 0 Å². The number of fused-ring (bicyclic) bond motifs is 2. The number of anilines is 2. The second-order valence-electron chi connectivity index (χ2n) is 8.28. The zero-order valence-electron chi connectivity index (χ0n) is 17.5. The van der Waals surface area contributed by atoms with Gasteiger partial charge in [0.15, 0.2) is 0 Å². The third-order valence-corrected chi connectivity index (χ3v) is 7.27. The van der Waals surface area contributed by atoms with Crippen LogP contribution in [0.1, 0.15) is 17.7 Å². The van der Waals surface area contributed by atoms with Crippen molar-refractivity contribution in [2.24, 2.45) is 7.05 Å². The Morgan fingerprint density at radius 3 is 2.84 bits per heavy atom. The standard InChI is InChI=1S/C19H26N8O3S/c1-24-10-13-11-25(7-5-15(13)22-24)18-4-3-14-9-20-19(23-27(14)18)21-16-6-8-26(12-17(16)28)31(2,29)30/h3-4,9-10,16-17,28H,5-8,11-12H2,1-2H3,(H,21,23)/t16-,17-/m1/s1. The van der Waals surface area contributed by atoms with Crippen LogP contribution in [0.4, 0.5) is 11.8 Å². The van der Waals surface area contributed by atoms with Gasteiger partial charge in [-0.3, -0.25) is 4.68 Å². The van der Waals surface area contributed by atoms with Crippen LogP contribution < -0.4 is 10.2 Å². The van der Waals surface area contributed by atoms with E-state index in [9.17, 15) is 13.5 Å². The fourth-order valence-electron chi connectivity index (χ4n) is 4.38. The van der Waals surface area contributed by atoms with Gasteiger partial charge in [0.05, 0.1) is 35.8 Å². The molecule has 0 unspecified atom stereocenters. The Morgan fingerprint density at radius 2 is 2.06 bits per heavy atom. The molecule has 12 heteroatoms. The van der Waals surface area contributed by atoms with Gasteiger partial charge in [0.25, 0.3) is 0 Å². The molecule has 5 heterocycles. The summed E-state index contributed by atoms with van der Waals surface area (Å²) < 4.78 is 28.5. The number of sulfonamides is 1. The summed E-state index contributed by atoms with van der Waals surface area (Å²) in [5, 5.41) is 22.8. The van der Waals surface area contributed by atoms with E-state index in [-0.39, 0.29) is 12.6 Å². The Bertz CT molecular complexity index is 1220. The van der Waals surface area contributed by atoms with Crippen LogP contribution in [0.3, 0.4) is 0 Å². The van der Waals surface area contributed by atoms with Crippen LogP contribution in [0.5, 0.6) is 0 Å². The van der Waals surface area contributed by atoms with E-state index in [1.807, 2.05) is 28.4 Å². The molecule has 0 aliphatic carbocycles. The minimum atomic E-state index is -3.32. The summed E-state index contributed by atoms with van der Waals surface area (Å²) in [7, 11) is -1.38. The van der Waals surface area contributed by atoms with Crippen molar-refractivity contribution in [1.82, 2.24) is 28.7 Å². The molecule has 2 N–H and O–H groups in total. The molecule has 2 aliphatic rings. The molecule has 3 aromatic heterocycles. The minimum absolute atomic E-state index is 0.0642. The van der Waals surface area contributed by atoms with E-state index in [0.717, 1.165) is 42.8 Å². The molecule has 0 radical (unpaired) electrons. The van der Waals surface area contributed by atoms with Gasteiger partial charge < -0.3 is 15.3 Å². The van der Waals surface area contributed by atoms with Gasteiger partial charge in [-0.1, -0.05) is 0 Å². The Hall–Kier alpha value is -2.70. The molecule has 1 fully saturated rings. The molecule has 1 saturated heterocycles. The van der Waals surface area contributed by atoms with E-state index in [0.29, 0.717) is 18.9 Å². The van der Waals surface area contributed by atoms with E-state index in [2.05, 4.69) is 31.6 Å². The highest BCUT2D eigenvalue weighted by Gasteiger charge is 2.32. The van der Waals surface area contributed by atoms with E-state index in [4.69, 9.17) is 0 Å². The number of β-amino-alcohol motifs (C(OH)–C–C–N with tert-alkyl or cyclic N) is 1. The van der Waals surface area contributed by atoms with E-state index in [1.165, 1.54) is 9.87 Å². The highest BCUT2D eigenvalue weighted by atomic mass is 32.2. The van der Waals surface area contributed by atoms with Gasteiger partial charge in [-0.2, -0.15) is 9.40 Å². The topological polar surface area (TPSA) is 121 Å². The summed E-state index contributed by atoms with van der Waals surface area (Å²) in [6.07, 6.45) is 5.49. The fourth-order valence-corrected chi connectivity index (χ4v) is 5.24. The van der Waals surface area contributed by atoms with E-state index < -0.39 is 16.1 Å². The van der Waals surface area contributed by atoms with Crippen LogP contribution in [-0.4, -0.2) is 80.2 Å². The smallest absolute Gasteiger partial charge is 0.241 e. The maximum Gasteiger partial charge on any atom is 0.241 e. The van der Waals surface area contributed by atoms with E-state index >= 15 is 0 Å². The summed E-state index contributed by atoms with van der Waals surface area (Å²) in [5.74, 6) is 1.38. The second-order valence-corrected chi connectivity index (χ2v) is 10.3. The van der Waals surface area contributed by atoms with Crippen LogP contribution in [0.25, 0.3) is 5.52 Å². The third-order valence-electron chi connectivity index (χ3n) is 6.00. The summed E-state index contributed by atoms with van der Waals surface area (Å²) >= 11 is 0. The molecule has 11 nitrogen and oxygen atoms in total. The minimum Gasteiger partial charge on any atom is -0.390 e. The molecule has 0 amide bonds. The summed E-state index contributed by atoms with van der Waals surface area (Å²) in [4.78, 5) is 6.65. The molecular formula is C19H26N8O3S. The van der Waals surface area contributed by atoms with Crippen molar-refractivity contribution in [2.45, 2.75) is 31.5 Å². The van der Waals surface area contributed by atoms with Crippen LogP contribution in [0.2, 0.25) is 0 Å². The lowest BCUT2D eigenvalue weighted by Crippen LogP contribution is -2.51. The highest BCUT2D eigenvalue weighted by Crippen LogP contribution is 2.26. The second kappa shape index (κ2) is 7.46. The van der Waals surface area contributed by atoms with Gasteiger partial charge >= 0.3 is 0 Å². The summed E-state index contributed by atoms with van der Waals surface area (Å²) in [6, 6.07) is 3.70. The molecule has 2 aliphatic heterocycles. The number of aliphatic hydroxyl groups excluding tert-OH is 1. The van der Waals surface area contributed by atoms with Crippen molar-refractivity contribution in [3.8, 4) is 0 Å². The molecule has 0 bridgehead atoms. The van der Waals surface area contributed by atoms with Gasteiger partial charge in [-0.05, 0) is 18.6 Å². The first-order valence-electron chi connectivity index (χ1n) is 10.3. The molecule has 31 heavy (non-hydrogen) atoms. The monoisotopic (exact) mass is 446 g/mol. The SMILES string of the molecule is Cn1cc2c(n1)CCN(c1ccc3cnc(N[C@@H]4CCN(S(C)(=O)=O)C[C@H]4O)nn13)C2. The van der Waals surface area contributed by atoms with Gasteiger partial charge in [0.2, 0.25) is 16.0 Å². The normalized spacial score (nSPS) is 22.6. The van der Waals surface area contributed by atoms with Gasteiger partial charge in [-0.25, -0.2) is 17.9 Å². The third kappa shape index (κ3) is 3.86. The highest BCUT2D eigenvalue weighted by molar-refractivity contribution is 7.88. The lowest BCUT2D eigenvalue weighted by atomic mass is 10.0. The maximum absolute atomic E-state index is 11.7. The number of hydrogen-bond donors (Lipinski definition) is 2. The summed E-state index contributed by atoms with van der Waals surface area (Å²) in [6.45, 7) is 2.04. The number of nitrogens with zero attached hydrogens (tertiary/aromatic N) is 7. The molecule has 3 aromatic rings.